The van der Waals surface area contributed by atoms with E-state index in [0.29, 0.717) is 31.2 Å². The SMILES string of the molecule is CC(C)(C)c1ccc(S(=O)(=O)N2CCN(C(=O)CCc3nc(-c4ccsc4)no3)CC2)cc1. The molecule has 176 valence electrons. The van der Waals surface area contributed by atoms with Crippen molar-refractivity contribution in [2.24, 2.45) is 0 Å². The Balaban J connectivity index is 1.30. The lowest BCUT2D eigenvalue weighted by Crippen LogP contribution is -2.50. The Morgan fingerprint density at radius 2 is 1.79 bits per heavy atom. The van der Waals surface area contributed by atoms with Gasteiger partial charge in [-0.2, -0.15) is 20.6 Å². The number of amides is 1. The molecule has 1 aromatic carbocycles. The molecule has 1 aliphatic heterocycles. The monoisotopic (exact) mass is 488 g/mol. The van der Waals surface area contributed by atoms with Crippen LogP contribution in [0.15, 0.2) is 50.5 Å². The topological polar surface area (TPSA) is 96.6 Å². The molecule has 33 heavy (non-hydrogen) atoms. The predicted molar refractivity (Wildman–Crippen MR) is 126 cm³/mol. The summed E-state index contributed by atoms with van der Waals surface area (Å²) < 4.78 is 32.8. The highest BCUT2D eigenvalue weighted by molar-refractivity contribution is 7.89. The number of thiophene rings is 1. The van der Waals surface area contributed by atoms with E-state index in [1.165, 1.54) is 4.31 Å². The van der Waals surface area contributed by atoms with Gasteiger partial charge in [-0.15, -0.1) is 0 Å². The highest BCUT2D eigenvalue weighted by atomic mass is 32.2. The molecule has 4 rings (SSSR count). The molecule has 0 aliphatic carbocycles. The molecule has 0 N–H and O–H groups in total. The number of nitrogens with zero attached hydrogens (tertiary/aromatic N) is 4. The maximum atomic E-state index is 13.0. The molecule has 8 nitrogen and oxygen atoms in total. The Labute approximate surface area is 198 Å². The van der Waals surface area contributed by atoms with Crippen LogP contribution in [0.5, 0.6) is 0 Å². The van der Waals surface area contributed by atoms with Gasteiger partial charge in [0.1, 0.15) is 0 Å². The van der Waals surface area contributed by atoms with E-state index < -0.39 is 10.0 Å². The summed E-state index contributed by atoms with van der Waals surface area (Å²) in [6, 6.07) is 8.99. The molecule has 0 radical (unpaired) electrons. The molecule has 1 aliphatic rings. The van der Waals surface area contributed by atoms with Crippen molar-refractivity contribution >= 4 is 27.3 Å². The number of hydrogen-bond acceptors (Lipinski definition) is 7. The minimum absolute atomic E-state index is 0.0407. The van der Waals surface area contributed by atoms with Crippen molar-refractivity contribution in [1.29, 1.82) is 0 Å². The number of aryl methyl sites for hydroxylation is 1. The molecule has 10 heteroatoms. The molecular formula is C23H28N4O4S2. The van der Waals surface area contributed by atoms with E-state index in [4.69, 9.17) is 4.52 Å². The van der Waals surface area contributed by atoms with Gasteiger partial charge in [0, 0.05) is 50.0 Å². The second-order valence-electron chi connectivity index (χ2n) is 9.08. The van der Waals surface area contributed by atoms with Crippen LogP contribution in [0, 0.1) is 0 Å². The van der Waals surface area contributed by atoms with Crippen LogP contribution >= 0.6 is 11.3 Å². The van der Waals surface area contributed by atoms with Crippen molar-refractivity contribution in [3.63, 3.8) is 0 Å². The summed E-state index contributed by atoms with van der Waals surface area (Å²) in [6.45, 7) is 7.55. The number of rotatable bonds is 6. The van der Waals surface area contributed by atoms with E-state index in [0.717, 1.165) is 11.1 Å². The summed E-state index contributed by atoms with van der Waals surface area (Å²) in [4.78, 5) is 19.0. The predicted octanol–water partition coefficient (Wildman–Crippen LogP) is 3.56. The molecule has 2 aromatic heterocycles. The van der Waals surface area contributed by atoms with Crippen LogP contribution in [-0.2, 0) is 26.7 Å². The second-order valence-corrected chi connectivity index (χ2v) is 11.8. The van der Waals surface area contributed by atoms with Gasteiger partial charge >= 0.3 is 0 Å². The third-order valence-corrected chi connectivity index (χ3v) is 8.35. The van der Waals surface area contributed by atoms with Crippen LogP contribution in [-0.4, -0.2) is 59.8 Å². The van der Waals surface area contributed by atoms with E-state index in [2.05, 4.69) is 30.9 Å². The number of carbonyl (C=O) groups excluding carboxylic acids is 1. The number of benzene rings is 1. The Morgan fingerprint density at radius 3 is 2.39 bits per heavy atom. The average Bonchev–Trinajstić information content (AvgIpc) is 3.49. The van der Waals surface area contributed by atoms with Crippen molar-refractivity contribution in [3.05, 3.63) is 52.5 Å². The van der Waals surface area contributed by atoms with Crippen molar-refractivity contribution < 1.29 is 17.7 Å². The van der Waals surface area contributed by atoms with Crippen LogP contribution in [0.3, 0.4) is 0 Å². The molecule has 3 heterocycles. The first kappa shape index (κ1) is 23.6. The third-order valence-electron chi connectivity index (χ3n) is 5.75. The normalized spacial score (nSPS) is 15.7. The molecule has 0 spiro atoms. The minimum Gasteiger partial charge on any atom is -0.340 e. The number of hydrogen-bond donors (Lipinski definition) is 0. The second kappa shape index (κ2) is 9.36. The van der Waals surface area contributed by atoms with Crippen LogP contribution in [0.1, 0.15) is 38.6 Å². The fourth-order valence-electron chi connectivity index (χ4n) is 3.69. The summed E-state index contributed by atoms with van der Waals surface area (Å²) in [5.41, 5.74) is 1.94. The van der Waals surface area contributed by atoms with Crippen molar-refractivity contribution in [3.8, 4) is 11.4 Å². The lowest BCUT2D eigenvalue weighted by atomic mass is 9.87. The van der Waals surface area contributed by atoms with Gasteiger partial charge < -0.3 is 9.42 Å². The third kappa shape index (κ3) is 5.34. The van der Waals surface area contributed by atoms with Crippen molar-refractivity contribution in [2.45, 2.75) is 43.9 Å². The average molecular weight is 489 g/mol. The molecule has 0 atom stereocenters. The van der Waals surface area contributed by atoms with Crippen LogP contribution < -0.4 is 0 Å². The van der Waals surface area contributed by atoms with Gasteiger partial charge in [-0.1, -0.05) is 38.1 Å². The molecule has 0 saturated carbocycles. The summed E-state index contributed by atoms with van der Waals surface area (Å²) in [5.74, 6) is 0.898. The van der Waals surface area contributed by atoms with Crippen LogP contribution in [0.4, 0.5) is 0 Å². The Bertz CT molecular complexity index is 1190. The van der Waals surface area contributed by atoms with Crippen LogP contribution in [0.25, 0.3) is 11.4 Å². The smallest absolute Gasteiger partial charge is 0.243 e. The first-order valence-corrected chi connectivity index (χ1v) is 13.3. The molecular weight excluding hydrogens is 460 g/mol. The zero-order valence-electron chi connectivity index (χ0n) is 19.0. The maximum Gasteiger partial charge on any atom is 0.243 e. The summed E-state index contributed by atoms with van der Waals surface area (Å²) >= 11 is 1.55. The van der Waals surface area contributed by atoms with Gasteiger partial charge in [0.05, 0.1) is 4.90 Å². The quantitative estimate of drug-likeness (QED) is 0.526. The zero-order chi connectivity index (χ0) is 23.6. The lowest BCUT2D eigenvalue weighted by Gasteiger charge is -2.34. The first-order chi connectivity index (χ1) is 15.6. The molecule has 1 fully saturated rings. The van der Waals surface area contributed by atoms with Gasteiger partial charge in [0.2, 0.25) is 27.6 Å². The van der Waals surface area contributed by atoms with E-state index in [1.807, 2.05) is 29.0 Å². The van der Waals surface area contributed by atoms with Gasteiger partial charge in [-0.3, -0.25) is 4.79 Å². The Kier molecular flexibility index (Phi) is 6.69. The van der Waals surface area contributed by atoms with E-state index in [1.54, 1.807) is 28.4 Å². The largest absolute Gasteiger partial charge is 0.340 e. The van der Waals surface area contributed by atoms with Gasteiger partial charge in [0.15, 0.2) is 0 Å². The van der Waals surface area contributed by atoms with Gasteiger partial charge in [0.25, 0.3) is 0 Å². The molecule has 0 unspecified atom stereocenters. The fourth-order valence-corrected chi connectivity index (χ4v) is 5.75. The molecule has 0 bridgehead atoms. The summed E-state index contributed by atoms with van der Waals surface area (Å²) in [5, 5.41) is 7.83. The van der Waals surface area contributed by atoms with Crippen LogP contribution in [0.2, 0.25) is 0 Å². The van der Waals surface area contributed by atoms with E-state index in [-0.39, 0.29) is 35.7 Å². The van der Waals surface area contributed by atoms with Crippen molar-refractivity contribution in [2.75, 3.05) is 26.2 Å². The fraction of sp³-hybridized carbons (Fsp3) is 0.435. The number of sulfonamides is 1. The van der Waals surface area contributed by atoms with E-state index >= 15 is 0 Å². The Hall–Kier alpha value is -2.56. The minimum atomic E-state index is -3.58. The first-order valence-electron chi connectivity index (χ1n) is 10.9. The van der Waals surface area contributed by atoms with Gasteiger partial charge in [-0.25, -0.2) is 8.42 Å². The standard InChI is InChI=1S/C23H28N4O4S2/c1-23(2,3)18-4-6-19(7-5-18)33(29,30)27-13-11-26(12-14-27)21(28)9-8-20-24-22(25-31-20)17-10-15-32-16-17/h4-7,10,15-16H,8-9,11-14H2,1-3H3. The zero-order valence-corrected chi connectivity index (χ0v) is 20.7. The summed E-state index contributed by atoms with van der Waals surface area (Å²) in [6.07, 6.45) is 0.598. The highest BCUT2D eigenvalue weighted by Gasteiger charge is 2.30. The number of aromatic nitrogens is 2. The lowest BCUT2D eigenvalue weighted by molar-refractivity contribution is -0.132. The number of carbonyl (C=O) groups is 1. The highest BCUT2D eigenvalue weighted by Crippen LogP contribution is 2.25. The maximum absolute atomic E-state index is 13.0. The van der Waals surface area contributed by atoms with Gasteiger partial charge in [-0.05, 0) is 34.6 Å². The van der Waals surface area contributed by atoms with E-state index in [9.17, 15) is 13.2 Å². The van der Waals surface area contributed by atoms with Crippen molar-refractivity contribution in [1.82, 2.24) is 19.3 Å². The summed E-state index contributed by atoms with van der Waals surface area (Å²) in [7, 11) is -3.58. The molecule has 1 amide bonds. The molecule has 1 saturated heterocycles. The number of piperazine rings is 1. The molecule has 3 aromatic rings. The Morgan fingerprint density at radius 1 is 1.09 bits per heavy atom.